The van der Waals surface area contributed by atoms with Crippen LogP contribution in [0.1, 0.15) is 86.5 Å². The van der Waals surface area contributed by atoms with Gasteiger partial charge in [0.15, 0.2) is 0 Å². The SMILES string of the molecule is CC(=O)C1C(O)CC2C3(C)CCC4C(C)(C)CCCC4(C)C3CC(=O)C2(C)C1C=O. The highest BCUT2D eigenvalue weighted by Gasteiger charge is 2.70. The fraction of sp³-hybridized carbons (Fsp3) is 0.885. The first-order valence-corrected chi connectivity index (χ1v) is 12.0. The second-order valence-electron chi connectivity index (χ2n) is 12.6. The van der Waals surface area contributed by atoms with Gasteiger partial charge in [-0.15, -0.1) is 0 Å². The number of carbonyl (C=O) groups excluding carboxylic acids is 3. The monoisotopic (exact) mass is 416 g/mol. The minimum absolute atomic E-state index is 0.0557. The molecule has 0 spiro atoms. The second-order valence-corrected chi connectivity index (χ2v) is 12.6. The van der Waals surface area contributed by atoms with Crippen molar-refractivity contribution in [1.82, 2.24) is 0 Å². The van der Waals surface area contributed by atoms with Gasteiger partial charge in [-0.3, -0.25) is 9.59 Å². The third-order valence-electron chi connectivity index (χ3n) is 10.9. The van der Waals surface area contributed by atoms with Crippen LogP contribution in [-0.2, 0) is 14.4 Å². The number of ketones is 2. The number of aliphatic hydroxyl groups excluding tert-OH is 1. The summed E-state index contributed by atoms with van der Waals surface area (Å²) in [5.41, 5.74) is -0.540. The molecule has 1 N–H and O–H groups in total. The standard InChI is InChI=1S/C26H40O4/c1-15(28)22-16(14-27)26(6)20(12-17(22)29)25(5)11-8-18-23(2,3)9-7-10-24(18,4)19(25)13-21(26)30/h14,16-20,22,29H,7-13H2,1-6H3. The summed E-state index contributed by atoms with van der Waals surface area (Å²) in [5, 5.41) is 11.0. The van der Waals surface area contributed by atoms with Crippen molar-refractivity contribution in [2.75, 3.05) is 0 Å². The van der Waals surface area contributed by atoms with Gasteiger partial charge in [0.05, 0.1) is 12.0 Å². The second kappa shape index (κ2) is 6.73. The van der Waals surface area contributed by atoms with Crippen LogP contribution in [0, 0.1) is 51.2 Å². The summed E-state index contributed by atoms with van der Waals surface area (Å²) in [6, 6.07) is 0. The van der Waals surface area contributed by atoms with Crippen molar-refractivity contribution in [2.45, 2.75) is 92.6 Å². The van der Waals surface area contributed by atoms with Crippen LogP contribution in [0.25, 0.3) is 0 Å². The topological polar surface area (TPSA) is 71.4 Å². The largest absolute Gasteiger partial charge is 0.392 e. The Bertz CT molecular complexity index is 771. The highest BCUT2D eigenvalue weighted by Crippen LogP contribution is 2.72. The van der Waals surface area contributed by atoms with E-state index in [2.05, 4.69) is 27.7 Å². The van der Waals surface area contributed by atoms with Crippen LogP contribution < -0.4 is 0 Å². The number of hydrogen-bond donors (Lipinski definition) is 1. The molecule has 0 heterocycles. The molecule has 4 fully saturated rings. The molecule has 0 aromatic rings. The Hall–Kier alpha value is -1.03. The van der Waals surface area contributed by atoms with E-state index in [0.29, 0.717) is 18.8 Å². The van der Waals surface area contributed by atoms with Crippen LogP contribution in [0.5, 0.6) is 0 Å². The first-order chi connectivity index (χ1) is 13.8. The fourth-order valence-corrected chi connectivity index (χ4v) is 9.54. The molecule has 4 saturated carbocycles. The molecule has 4 aliphatic rings. The molecular formula is C26H40O4. The molecular weight excluding hydrogens is 376 g/mol. The molecule has 0 aliphatic heterocycles. The van der Waals surface area contributed by atoms with Crippen LogP contribution in [-0.4, -0.2) is 29.1 Å². The number of aliphatic hydroxyl groups is 1. The number of fused-ring (bicyclic) bond motifs is 5. The summed E-state index contributed by atoms with van der Waals surface area (Å²) in [6.45, 7) is 12.9. The lowest BCUT2D eigenvalue weighted by Crippen LogP contribution is -2.68. The Morgan fingerprint density at radius 2 is 1.63 bits per heavy atom. The summed E-state index contributed by atoms with van der Waals surface area (Å²) in [5.74, 6) is -0.674. The Morgan fingerprint density at radius 3 is 2.23 bits per heavy atom. The number of hydrogen-bond acceptors (Lipinski definition) is 4. The predicted octanol–water partition coefficient (Wildman–Crippen LogP) is 4.62. The van der Waals surface area contributed by atoms with Gasteiger partial charge in [0.2, 0.25) is 0 Å². The van der Waals surface area contributed by atoms with Gasteiger partial charge in [-0.25, -0.2) is 0 Å². The number of carbonyl (C=O) groups is 3. The van der Waals surface area contributed by atoms with Crippen molar-refractivity contribution in [3.63, 3.8) is 0 Å². The average molecular weight is 417 g/mol. The maximum Gasteiger partial charge on any atom is 0.140 e. The van der Waals surface area contributed by atoms with E-state index in [4.69, 9.17) is 0 Å². The zero-order chi connectivity index (χ0) is 22.3. The van der Waals surface area contributed by atoms with Crippen LogP contribution in [0.4, 0.5) is 0 Å². The van der Waals surface area contributed by atoms with Crippen LogP contribution >= 0.6 is 0 Å². The van der Waals surface area contributed by atoms with Gasteiger partial charge < -0.3 is 9.90 Å². The molecule has 4 nitrogen and oxygen atoms in total. The van der Waals surface area contributed by atoms with Crippen molar-refractivity contribution in [3.05, 3.63) is 0 Å². The molecule has 30 heavy (non-hydrogen) atoms. The smallest absolute Gasteiger partial charge is 0.140 e. The fourth-order valence-electron chi connectivity index (χ4n) is 9.54. The summed E-state index contributed by atoms with van der Waals surface area (Å²) in [6.07, 6.45) is 6.73. The molecule has 0 saturated heterocycles. The lowest BCUT2D eigenvalue weighted by molar-refractivity contribution is -0.219. The summed E-state index contributed by atoms with van der Waals surface area (Å²) in [7, 11) is 0. The molecule has 0 amide bonds. The lowest BCUT2D eigenvalue weighted by atomic mass is 9.34. The third kappa shape index (κ3) is 2.64. The Labute approximate surface area is 181 Å². The van der Waals surface area contributed by atoms with Crippen molar-refractivity contribution >= 4 is 17.9 Å². The van der Waals surface area contributed by atoms with Gasteiger partial charge in [-0.2, -0.15) is 0 Å². The van der Waals surface area contributed by atoms with Crippen molar-refractivity contribution in [1.29, 1.82) is 0 Å². The average Bonchev–Trinajstić information content (AvgIpc) is 2.63. The third-order valence-corrected chi connectivity index (χ3v) is 10.9. The molecule has 0 radical (unpaired) electrons. The molecule has 4 rings (SSSR count). The van der Waals surface area contributed by atoms with Gasteiger partial charge >= 0.3 is 0 Å². The Kier molecular flexibility index (Phi) is 4.98. The first kappa shape index (κ1) is 22.2. The molecule has 0 bridgehead atoms. The normalized spacial score (nSPS) is 52.6. The lowest BCUT2D eigenvalue weighted by Gasteiger charge is -2.69. The number of Topliss-reactive ketones (excluding diaryl/α,β-unsaturated/α-hetero) is 2. The van der Waals surface area contributed by atoms with E-state index in [-0.39, 0.29) is 39.6 Å². The molecule has 4 aliphatic carbocycles. The first-order valence-electron chi connectivity index (χ1n) is 12.0. The summed E-state index contributed by atoms with van der Waals surface area (Å²) in [4.78, 5) is 38.4. The maximum absolute atomic E-state index is 13.8. The van der Waals surface area contributed by atoms with E-state index >= 15 is 0 Å². The van der Waals surface area contributed by atoms with Gasteiger partial charge in [0.25, 0.3) is 0 Å². The molecule has 0 aromatic carbocycles. The highest BCUT2D eigenvalue weighted by atomic mass is 16.3. The maximum atomic E-state index is 13.8. The molecule has 168 valence electrons. The van der Waals surface area contributed by atoms with E-state index in [1.54, 1.807) is 0 Å². The quantitative estimate of drug-likeness (QED) is 0.667. The van der Waals surface area contributed by atoms with E-state index < -0.39 is 23.4 Å². The molecule has 0 aromatic heterocycles. The van der Waals surface area contributed by atoms with E-state index in [1.807, 2.05) is 6.92 Å². The van der Waals surface area contributed by atoms with Gasteiger partial charge in [-0.1, -0.05) is 41.0 Å². The minimum atomic E-state index is -0.851. The minimum Gasteiger partial charge on any atom is -0.392 e. The molecule has 4 heteroatoms. The summed E-state index contributed by atoms with van der Waals surface area (Å²) >= 11 is 0. The van der Waals surface area contributed by atoms with E-state index in [0.717, 1.165) is 25.5 Å². The van der Waals surface area contributed by atoms with Crippen LogP contribution in [0.2, 0.25) is 0 Å². The highest BCUT2D eigenvalue weighted by molar-refractivity contribution is 5.92. The Morgan fingerprint density at radius 1 is 1.00 bits per heavy atom. The predicted molar refractivity (Wildman–Crippen MR) is 116 cm³/mol. The number of rotatable bonds is 2. The van der Waals surface area contributed by atoms with Crippen molar-refractivity contribution in [3.8, 4) is 0 Å². The van der Waals surface area contributed by atoms with Gasteiger partial charge in [0, 0.05) is 17.8 Å². The van der Waals surface area contributed by atoms with Crippen LogP contribution in [0.15, 0.2) is 0 Å². The Balaban J connectivity index is 1.81. The van der Waals surface area contributed by atoms with Crippen molar-refractivity contribution in [2.24, 2.45) is 51.2 Å². The zero-order valence-corrected chi connectivity index (χ0v) is 19.7. The van der Waals surface area contributed by atoms with Gasteiger partial charge in [-0.05, 0) is 73.0 Å². The van der Waals surface area contributed by atoms with Crippen molar-refractivity contribution < 1.29 is 19.5 Å². The van der Waals surface area contributed by atoms with E-state index in [9.17, 15) is 19.5 Å². The number of aldehydes is 1. The zero-order valence-electron chi connectivity index (χ0n) is 19.7. The van der Waals surface area contributed by atoms with Gasteiger partial charge in [0.1, 0.15) is 17.9 Å². The summed E-state index contributed by atoms with van der Waals surface area (Å²) < 4.78 is 0. The van der Waals surface area contributed by atoms with Crippen LogP contribution in [0.3, 0.4) is 0 Å². The van der Waals surface area contributed by atoms with E-state index in [1.165, 1.54) is 19.8 Å². The molecule has 9 atom stereocenters. The molecule has 9 unspecified atom stereocenters.